The van der Waals surface area contributed by atoms with Crippen molar-refractivity contribution in [1.82, 2.24) is 10.3 Å². The van der Waals surface area contributed by atoms with E-state index in [1.54, 1.807) is 0 Å². The summed E-state index contributed by atoms with van der Waals surface area (Å²) in [5.41, 5.74) is 1.29. The van der Waals surface area contributed by atoms with Crippen molar-refractivity contribution >= 4 is 0 Å². The third-order valence-corrected chi connectivity index (χ3v) is 3.45. The van der Waals surface area contributed by atoms with E-state index in [-0.39, 0.29) is 0 Å². The SMILES string of the molecule is OCC1CCC(NCc2ccncc2)CC1. The molecule has 1 aromatic rings. The van der Waals surface area contributed by atoms with Gasteiger partial charge in [0.05, 0.1) is 0 Å². The Kier molecular flexibility index (Phi) is 4.31. The fourth-order valence-corrected chi connectivity index (χ4v) is 2.31. The molecule has 0 saturated heterocycles. The summed E-state index contributed by atoms with van der Waals surface area (Å²) in [6, 6.07) is 4.72. The van der Waals surface area contributed by atoms with Crippen LogP contribution < -0.4 is 5.32 Å². The third-order valence-electron chi connectivity index (χ3n) is 3.45. The van der Waals surface area contributed by atoms with Crippen molar-refractivity contribution in [2.75, 3.05) is 6.61 Å². The van der Waals surface area contributed by atoms with Crippen molar-refractivity contribution < 1.29 is 5.11 Å². The van der Waals surface area contributed by atoms with Gasteiger partial charge in [-0.2, -0.15) is 0 Å². The van der Waals surface area contributed by atoms with E-state index in [0.29, 0.717) is 18.6 Å². The summed E-state index contributed by atoms with van der Waals surface area (Å²) < 4.78 is 0. The van der Waals surface area contributed by atoms with Gasteiger partial charge in [-0.15, -0.1) is 0 Å². The second-order valence-electron chi connectivity index (χ2n) is 4.64. The fourth-order valence-electron chi connectivity index (χ4n) is 2.31. The van der Waals surface area contributed by atoms with E-state index in [9.17, 15) is 0 Å². The molecule has 1 fully saturated rings. The standard InChI is InChI=1S/C13H20N2O/c16-10-12-1-3-13(4-2-12)15-9-11-5-7-14-8-6-11/h5-8,12-13,15-16H,1-4,9-10H2. The van der Waals surface area contributed by atoms with E-state index in [2.05, 4.69) is 10.3 Å². The van der Waals surface area contributed by atoms with Crippen LogP contribution in [0.15, 0.2) is 24.5 Å². The van der Waals surface area contributed by atoms with Crippen LogP contribution in [0.4, 0.5) is 0 Å². The van der Waals surface area contributed by atoms with Crippen LogP contribution in [0.2, 0.25) is 0 Å². The Labute approximate surface area is 96.9 Å². The Hall–Kier alpha value is -0.930. The Balaban J connectivity index is 1.72. The molecule has 1 heterocycles. The second-order valence-corrected chi connectivity index (χ2v) is 4.64. The summed E-state index contributed by atoms with van der Waals surface area (Å²) in [6.07, 6.45) is 8.36. The summed E-state index contributed by atoms with van der Waals surface area (Å²) in [5, 5.41) is 12.6. The quantitative estimate of drug-likeness (QED) is 0.812. The first-order valence-corrected chi connectivity index (χ1v) is 6.11. The van der Waals surface area contributed by atoms with Gasteiger partial charge >= 0.3 is 0 Å². The molecule has 0 aliphatic heterocycles. The highest BCUT2D eigenvalue weighted by Crippen LogP contribution is 2.23. The lowest BCUT2D eigenvalue weighted by atomic mass is 9.86. The molecule has 88 valence electrons. The molecule has 0 aromatic carbocycles. The number of hydrogen-bond donors (Lipinski definition) is 2. The van der Waals surface area contributed by atoms with E-state index >= 15 is 0 Å². The first-order valence-electron chi connectivity index (χ1n) is 6.11. The maximum Gasteiger partial charge on any atom is 0.0459 e. The van der Waals surface area contributed by atoms with Gasteiger partial charge in [-0.3, -0.25) is 4.98 Å². The van der Waals surface area contributed by atoms with Crippen molar-refractivity contribution in [2.45, 2.75) is 38.3 Å². The van der Waals surface area contributed by atoms with E-state index in [4.69, 9.17) is 5.11 Å². The van der Waals surface area contributed by atoms with Gasteiger partial charge in [0.2, 0.25) is 0 Å². The zero-order valence-corrected chi connectivity index (χ0v) is 9.60. The van der Waals surface area contributed by atoms with Crippen LogP contribution in [0.3, 0.4) is 0 Å². The summed E-state index contributed by atoms with van der Waals surface area (Å²) in [5.74, 6) is 0.541. The monoisotopic (exact) mass is 220 g/mol. The van der Waals surface area contributed by atoms with Gasteiger partial charge in [-0.25, -0.2) is 0 Å². The minimum absolute atomic E-state index is 0.358. The fraction of sp³-hybridized carbons (Fsp3) is 0.615. The number of hydrogen-bond acceptors (Lipinski definition) is 3. The van der Waals surface area contributed by atoms with Crippen molar-refractivity contribution in [3.8, 4) is 0 Å². The third kappa shape index (κ3) is 3.29. The molecule has 2 rings (SSSR count). The molecule has 1 aliphatic carbocycles. The first kappa shape index (κ1) is 11.6. The van der Waals surface area contributed by atoms with Gasteiger partial charge in [0.1, 0.15) is 0 Å². The molecule has 1 saturated carbocycles. The lowest BCUT2D eigenvalue weighted by Gasteiger charge is -2.28. The summed E-state index contributed by atoms with van der Waals surface area (Å²) in [6.45, 7) is 1.29. The second kappa shape index (κ2) is 5.97. The molecule has 0 bridgehead atoms. The number of pyridine rings is 1. The lowest BCUT2D eigenvalue weighted by Crippen LogP contribution is -2.33. The molecule has 0 radical (unpaired) electrons. The molecule has 1 aliphatic rings. The number of rotatable bonds is 4. The first-order chi connectivity index (χ1) is 7.88. The van der Waals surface area contributed by atoms with Crippen LogP contribution >= 0.6 is 0 Å². The molecule has 0 unspecified atom stereocenters. The highest BCUT2D eigenvalue weighted by molar-refractivity contribution is 5.09. The van der Waals surface area contributed by atoms with Crippen LogP contribution in [0.25, 0.3) is 0 Å². The van der Waals surface area contributed by atoms with E-state index in [1.807, 2.05) is 24.5 Å². The minimum atomic E-state index is 0.358. The van der Waals surface area contributed by atoms with Gasteiger partial charge in [-0.1, -0.05) is 0 Å². The van der Waals surface area contributed by atoms with Gasteiger partial charge in [0.15, 0.2) is 0 Å². The van der Waals surface area contributed by atoms with E-state index in [0.717, 1.165) is 19.4 Å². The number of aliphatic hydroxyl groups excluding tert-OH is 1. The average molecular weight is 220 g/mol. The summed E-state index contributed by atoms with van der Waals surface area (Å²) in [4.78, 5) is 4.01. The van der Waals surface area contributed by atoms with Crippen LogP contribution in [-0.4, -0.2) is 22.7 Å². The van der Waals surface area contributed by atoms with Crippen molar-refractivity contribution in [2.24, 2.45) is 5.92 Å². The maximum absolute atomic E-state index is 9.06. The Morgan fingerprint density at radius 2 is 1.88 bits per heavy atom. The smallest absolute Gasteiger partial charge is 0.0459 e. The molecule has 0 amide bonds. The Morgan fingerprint density at radius 1 is 1.19 bits per heavy atom. The highest BCUT2D eigenvalue weighted by Gasteiger charge is 2.19. The molecule has 1 aromatic heterocycles. The van der Waals surface area contributed by atoms with Crippen LogP contribution in [-0.2, 0) is 6.54 Å². The number of nitrogens with one attached hydrogen (secondary N) is 1. The topological polar surface area (TPSA) is 45.1 Å². The molecule has 0 spiro atoms. The zero-order chi connectivity index (χ0) is 11.2. The van der Waals surface area contributed by atoms with Crippen molar-refractivity contribution in [3.05, 3.63) is 30.1 Å². The molecular weight excluding hydrogens is 200 g/mol. The molecular formula is C13H20N2O. The van der Waals surface area contributed by atoms with Gasteiger partial charge in [-0.05, 0) is 49.3 Å². The molecule has 3 nitrogen and oxygen atoms in total. The van der Waals surface area contributed by atoms with Crippen molar-refractivity contribution in [3.63, 3.8) is 0 Å². The molecule has 3 heteroatoms. The zero-order valence-electron chi connectivity index (χ0n) is 9.60. The average Bonchev–Trinajstić information content (AvgIpc) is 2.38. The maximum atomic E-state index is 9.06. The predicted molar refractivity (Wildman–Crippen MR) is 63.9 cm³/mol. The van der Waals surface area contributed by atoms with E-state index in [1.165, 1.54) is 18.4 Å². The summed E-state index contributed by atoms with van der Waals surface area (Å²) >= 11 is 0. The van der Waals surface area contributed by atoms with E-state index < -0.39 is 0 Å². The Bertz CT molecular complexity index is 294. The lowest BCUT2D eigenvalue weighted by molar-refractivity contribution is 0.175. The van der Waals surface area contributed by atoms with Crippen LogP contribution in [0.5, 0.6) is 0 Å². The predicted octanol–water partition coefficient (Wildman–Crippen LogP) is 1.72. The highest BCUT2D eigenvalue weighted by atomic mass is 16.3. The van der Waals surface area contributed by atoms with Gasteiger partial charge in [0.25, 0.3) is 0 Å². The summed E-state index contributed by atoms with van der Waals surface area (Å²) in [7, 11) is 0. The normalized spacial score (nSPS) is 25.6. The molecule has 2 N–H and O–H groups in total. The van der Waals surface area contributed by atoms with Gasteiger partial charge in [0, 0.05) is 31.6 Å². The van der Waals surface area contributed by atoms with Gasteiger partial charge < -0.3 is 10.4 Å². The molecule has 0 atom stereocenters. The largest absolute Gasteiger partial charge is 0.396 e. The Morgan fingerprint density at radius 3 is 2.50 bits per heavy atom. The number of aliphatic hydroxyl groups is 1. The number of aromatic nitrogens is 1. The van der Waals surface area contributed by atoms with Crippen LogP contribution in [0, 0.1) is 5.92 Å². The molecule has 16 heavy (non-hydrogen) atoms. The minimum Gasteiger partial charge on any atom is -0.396 e. The van der Waals surface area contributed by atoms with Crippen molar-refractivity contribution in [1.29, 1.82) is 0 Å². The van der Waals surface area contributed by atoms with Crippen LogP contribution in [0.1, 0.15) is 31.2 Å². The number of nitrogens with zero attached hydrogens (tertiary/aromatic N) is 1.